The number of aromatic nitrogens is 3. The van der Waals surface area contributed by atoms with E-state index in [2.05, 4.69) is 25.2 Å². The number of alkyl halides is 2. The van der Waals surface area contributed by atoms with E-state index in [-0.39, 0.29) is 17.4 Å². The first kappa shape index (κ1) is 18.8. The summed E-state index contributed by atoms with van der Waals surface area (Å²) in [6.07, 6.45) is 1.37. The molecular weight excluding hydrogens is 374 g/mol. The molecule has 0 spiro atoms. The standard InChI is InChI=1S/C18H16F2N4O2S/c19-17(20)26-14-8-6-13(7-9-14)16(12-4-2-1-3-5-12)23-15(25)10-27-18-21-11-22-24-18/h1-9,11,16-17H,10H2,(H,23,25)(H,21,22,24)/t16-/m0/s1. The van der Waals surface area contributed by atoms with Gasteiger partial charge in [-0.1, -0.05) is 54.2 Å². The van der Waals surface area contributed by atoms with Gasteiger partial charge >= 0.3 is 6.61 Å². The van der Waals surface area contributed by atoms with E-state index in [9.17, 15) is 13.6 Å². The van der Waals surface area contributed by atoms with E-state index in [1.807, 2.05) is 30.3 Å². The highest BCUT2D eigenvalue weighted by atomic mass is 32.2. The number of benzene rings is 2. The Morgan fingerprint density at radius 1 is 1.11 bits per heavy atom. The fourth-order valence-corrected chi connectivity index (χ4v) is 3.04. The van der Waals surface area contributed by atoms with Crippen molar-refractivity contribution in [3.8, 4) is 5.75 Å². The van der Waals surface area contributed by atoms with Crippen molar-refractivity contribution in [2.24, 2.45) is 0 Å². The fraction of sp³-hybridized carbons (Fsp3) is 0.167. The Balaban J connectivity index is 1.74. The van der Waals surface area contributed by atoms with E-state index >= 15 is 0 Å². The number of thioether (sulfide) groups is 1. The van der Waals surface area contributed by atoms with Crippen LogP contribution in [0.3, 0.4) is 0 Å². The minimum atomic E-state index is -2.88. The number of carbonyl (C=O) groups excluding carboxylic acids is 1. The van der Waals surface area contributed by atoms with Gasteiger partial charge in [0.05, 0.1) is 11.8 Å². The predicted molar refractivity (Wildman–Crippen MR) is 96.6 cm³/mol. The Labute approximate surface area is 158 Å². The van der Waals surface area contributed by atoms with Crippen molar-refractivity contribution in [1.82, 2.24) is 20.5 Å². The lowest BCUT2D eigenvalue weighted by Crippen LogP contribution is -2.30. The number of nitrogens with one attached hydrogen (secondary N) is 2. The molecule has 0 bridgehead atoms. The average Bonchev–Trinajstić information content (AvgIpc) is 3.19. The van der Waals surface area contributed by atoms with E-state index in [0.717, 1.165) is 11.1 Å². The normalized spacial score (nSPS) is 12.0. The van der Waals surface area contributed by atoms with Gasteiger partial charge in [0.1, 0.15) is 12.1 Å². The van der Waals surface area contributed by atoms with E-state index in [1.54, 1.807) is 12.1 Å². The molecule has 1 atom stereocenters. The maximum absolute atomic E-state index is 12.4. The van der Waals surface area contributed by atoms with Crippen LogP contribution in [0.25, 0.3) is 0 Å². The molecule has 1 heterocycles. The minimum absolute atomic E-state index is 0.0627. The molecule has 27 heavy (non-hydrogen) atoms. The van der Waals surface area contributed by atoms with Gasteiger partial charge in [-0.15, -0.1) is 0 Å². The van der Waals surface area contributed by atoms with Crippen LogP contribution in [0.2, 0.25) is 0 Å². The maximum atomic E-state index is 12.4. The Morgan fingerprint density at radius 2 is 1.81 bits per heavy atom. The lowest BCUT2D eigenvalue weighted by Gasteiger charge is -2.20. The van der Waals surface area contributed by atoms with Gasteiger partial charge in [0, 0.05) is 0 Å². The Morgan fingerprint density at radius 3 is 2.44 bits per heavy atom. The van der Waals surface area contributed by atoms with Gasteiger partial charge in [0.25, 0.3) is 0 Å². The summed E-state index contributed by atoms with van der Waals surface area (Å²) in [5.41, 5.74) is 1.62. The molecule has 0 fully saturated rings. The number of carbonyl (C=O) groups is 1. The fourth-order valence-electron chi connectivity index (χ4n) is 2.45. The number of hydrogen-bond donors (Lipinski definition) is 2. The van der Waals surface area contributed by atoms with Crippen molar-refractivity contribution in [1.29, 1.82) is 0 Å². The van der Waals surface area contributed by atoms with Gasteiger partial charge in [0.2, 0.25) is 5.91 Å². The molecule has 3 aromatic rings. The maximum Gasteiger partial charge on any atom is 0.387 e. The second-order valence-electron chi connectivity index (χ2n) is 5.44. The minimum Gasteiger partial charge on any atom is -0.435 e. The number of aromatic amines is 1. The topological polar surface area (TPSA) is 79.9 Å². The number of hydrogen-bond acceptors (Lipinski definition) is 5. The first-order valence-electron chi connectivity index (χ1n) is 7.99. The van der Waals surface area contributed by atoms with Crippen molar-refractivity contribution in [2.45, 2.75) is 17.8 Å². The monoisotopic (exact) mass is 390 g/mol. The molecule has 9 heteroatoms. The van der Waals surface area contributed by atoms with Crippen LogP contribution >= 0.6 is 11.8 Å². The summed E-state index contributed by atoms with van der Waals surface area (Å²) in [6, 6.07) is 15.2. The summed E-state index contributed by atoms with van der Waals surface area (Å²) >= 11 is 1.23. The van der Waals surface area contributed by atoms with Crippen molar-refractivity contribution in [3.05, 3.63) is 72.1 Å². The Hall–Kier alpha value is -2.94. The molecule has 0 radical (unpaired) electrons. The third-order valence-electron chi connectivity index (χ3n) is 3.61. The number of ether oxygens (including phenoxy) is 1. The zero-order chi connectivity index (χ0) is 19.1. The molecule has 0 unspecified atom stereocenters. The Kier molecular flexibility index (Phi) is 6.37. The first-order chi connectivity index (χ1) is 13.1. The van der Waals surface area contributed by atoms with E-state index in [4.69, 9.17) is 0 Å². The first-order valence-corrected chi connectivity index (χ1v) is 8.97. The summed E-state index contributed by atoms with van der Waals surface area (Å²) < 4.78 is 29.0. The molecule has 2 aromatic carbocycles. The van der Waals surface area contributed by atoms with Crippen molar-refractivity contribution < 1.29 is 18.3 Å². The largest absolute Gasteiger partial charge is 0.435 e. The summed E-state index contributed by atoms with van der Waals surface area (Å²) in [5.74, 6) is 0.0244. The predicted octanol–water partition coefficient (Wildman–Crippen LogP) is 3.40. The lowest BCUT2D eigenvalue weighted by atomic mass is 9.98. The number of amides is 1. The number of halogens is 2. The highest BCUT2D eigenvalue weighted by Crippen LogP contribution is 2.25. The molecule has 140 valence electrons. The molecular formula is C18H16F2N4O2S. The Bertz CT molecular complexity index is 846. The number of rotatable bonds is 8. The third kappa shape index (κ3) is 5.52. The van der Waals surface area contributed by atoms with Crippen LogP contribution in [-0.2, 0) is 4.79 Å². The molecule has 1 aromatic heterocycles. The summed E-state index contributed by atoms with van der Waals surface area (Å²) in [4.78, 5) is 16.3. The molecule has 0 saturated heterocycles. The molecule has 1 amide bonds. The van der Waals surface area contributed by atoms with Crippen LogP contribution in [0.1, 0.15) is 17.2 Å². The quantitative estimate of drug-likeness (QED) is 0.576. The lowest BCUT2D eigenvalue weighted by molar-refractivity contribution is -0.119. The molecule has 6 nitrogen and oxygen atoms in total. The molecule has 0 aliphatic rings. The smallest absolute Gasteiger partial charge is 0.387 e. The summed E-state index contributed by atoms with van der Waals surface area (Å²) in [5, 5.41) is 9.92. The zero-order valence-corrected chi connectivity index (χ0v) is 14.8. The molecule has 0 saturated carbocycles. The average molecular weight is 390 g/mol. The van der Waals surface area contributed by atoms with E-state index in [0.29, 0.717) is 5.16 Å². The van der Waals surface area contributed by atoms with Crippen LogP contribution < -0.4 is 10.1 Å². The van der Waals surface area contributed by atoms with Gasteiger partial charge in [-0.3, -0.25) is 9.89 Å². The van der Waals surface area contributed by atoms with Crippen LogP contribution in [0.5, 0.6) is 5.75 Å². The highest BCUT2D eigenvalue weighted by molar-refractivity contribution is 7.99. The molecule has 3 rings (SSSR count). The van der Waals surface area contributed by atoms with Gasteiger partial charge in [-0.2, -0.15) is 13.9 Å². The zero-order valence-electron chi connectivity index (χ0n) is 14.0. The molecule has 2 N–H and O–H groups in total. The van der Waals surface area contributed by atoms with Crippen molar-refractivity contribution in [2.75, 3.05) is 5.75 Å². The number of H-pyrrole nitrogens is 1. The van der Waals surface area contributed by atoms with Crippen molar-refractivity contribution in [3.63, 3.8) is 0 Å². The highest BCUT2D eigenvalue weighted by Gasteiger charge is 2.17. The number of nitrogens with zero attached hydrogens (tertiary/aromatic N) is 2. The summed E-state index contributed by atoms with van der Waals surface area (Å²) in [7, 11) is 0. The van der Waals surface area contributed by atoms with Crippen LogP contribution in [0.4, 0.5) is 8.78 Å². The van der Waals surface area contributed by atoms with Crippen LogP contribution in [0, 0.1) is 0 Å². The third-order valence-corrected chi connectivity index (χ3v) is 4.49. The van der Waals surface area contributed by atoms with Crippen LogP contribution in [-0.4, -0.2) is 33.5 Å². The van der Waals surface area contributed by atoms with Gasteiger partial charge in [-0.25, -0.2) is 4.98 Å². The van der Waals surface area contributed by atoms with E-state index < -0.39 is 12.7 Å². The second kappa shape index (κ2) is 9.13. The van der Waals surface area contributed by atoms with Gasteiger partial charge in [-0.05, 0) is 23.3 Å². The van der Waals surface area contributed by atoms with E-state index in [1.165, 1.54) is 30.2 Å². The van der Waals surface area contributed by atoms with Gasteiger partial charge in [0.15, 0.2) is 5.16 Å². The van der Waals surface area contributed by atoms with Gasteiger partial charge < -0.3 is 10.1 Å². The SMILES string of the molecule is O=C(CSc1ncn[nH]1)N[C@@H](c1ccccc1)c1ccc(OC(F)F)cc1. The second-order valence-corrected chi connectivity index (χ2v) is 6.40. The van der Waals surface area contributed by atoms with Crippen LogP contribution in [0.15, 0.2) is 66.1 Å². The molecule has 0 aliphatic carbocycles. The molecule has 0 aliphatic heterocycles. The summed E-state index contributed by atoms with van der Waals surface area (Å²) in [6.45, 7) is -2.88. The van der Waals surface area contributed by atoms with Crippen molar-refractivity contribution >= 4 is 17.7 Å².